The van der Waals surface area contributed by atoms with Crippen LogP contribution in [0.1, 0.15) is 11.1 Å². The average molecular weight is 688 g/mol. The molecule has 0 amide bonds. The number of allylic oxidation sites excluding steroid dienone is 2. The van der Waals surface area contributed by atoms with Gasteiger partial charge in [-0.15, -0.1) is 13.2 Å². The van der Waals surface area contributed by atoms with Crippen LogP contribution in [0.5, 0.6) is 11.5 Å². The predicted molar refractivity (Wildman–Crippen MR) is 209 cm³/mol. The zero-order valence-electron chi connectivity index (χ0n) is 28.8. The summed E-state index contributed by atoms with van der Waals surface area (Å²) in [4.78, 5) is 0. The highest BCUT2D eigenvalue weighted by Gasteiger charge is 2.44. The van der Waals surface area contributed by atoms with Crippen molar-refractivity contribution in [3.63, 3.8) is 0 Å². The van der Waals surface area contributed by atoms with Crippen molar-refractivity contribution in [1.29, 1.82) is 0 Å². The average Bonchev–Trinajstić information content (AvgIpc) is 3.16. The highest BCUT2D eigenvalue weighted by Crippen LogP contribution is 2.55. The fourth-order valence-corrected chi connectivity index (χ4v) is 10.3. The lowest BCUT2D eigenvalue weighted by molar-refractivity contribution is 0.0117. The molecule has 0 aliphatic heterocycles. The molecule has 5 aromatic rings. The molecule has 258 valence electrons. The number of aromatic hydroxyl groups is 1. The third-order valence-corrected chi connectivity index (χ3v) is 12.9. The van der Waals surface area contributed by atoms with Crippen molar-refractivity contribution < 1.29 is 24.1 Å². The molecule has 0 saturated heterocycles. The van der Waals surface area contributed by atoms with Crippen LogP contribution in [-0.4, -0.2) is 57.5 Å². The largest absolute Gasteiger partial charge is 0.507 e. The van der Waals surface area contributed by atoms with Gasteiger partial charge in [0.2, 0.25) is 0 Å². The first-order chi connectivity index (χ1) is 24.7. The molecule has 0 fully saturated rings. The fraction of sp³-hybridized carbons (Fsp3) is 0.227. The van der Waals surface area contributed by atoms with Crippen molar-refractivity contribution in [1.82, 2.24) is 0 Å². The summed E-state index contributed by atoms with van der Waals surface area (Å²) in [5.74, 6) is 0.902. The molecule has 6 heteroatoms. The molecule has 50 heavy (non-hydrogen) atoms. The Morgan fingerprint density at radius 2 is 0.940 bits per heavy atom. The van der Waals surface area contributed by atoms with Gasteiger partial charge < -0.3 is 24.1 Å². The molecule has 5 aromatic carbocycles. The second kappa shape index (κ2) is 19.6. The van der Waals surface area contributed by atoms with Gasteiger partial charge in [0.05, 0.1) is 45.8 Å². The van der Waals surface area contributed by atoms with E-state index in [4.69, 9.17) is 18.9 Å². The van der Waals surface area contributed by atoms with Crippen LogP contribution >= 0.6 is 7.26 Å². The van der Waals surface area contributed by atoms with Crippen LogP contribution in [0.4, 0.5) is 0 Å². The lowest BCUT2D eigenvalue weighted by Gasteiger charge is -2.27. The van der Waals surface area contributed by atoms with E-state index in [1.807, 2.05) is 42.5 Å². The van der Waals surface area contributed by atoms with Crippen molar-refractivity contribution in [2.75, 3.05) is 52.4 Å². The van der Waals surface area contributed by atoms with Gasteiger partial charge in [-0.25, -0.2) is 0 Å². The third-order valence-electron chi connectivity index (χ3n) is 8.55. The maximum Gasteiger partial charge on any atom is 0.127 e. The van der Waals surface area contributed by atoms with Gasteiger partial charge in [0.1, 0.15) is 41.3 Å². The molecular weight excluding hydrogens is 639 g/mol. The van der Waals surface area contributed by atoms with Crippen LogP contribution in [0.25, 0.3) is 11.1 Å². The minimum Gasteiger partial charge on any atom is -0.507 e. The van der Waals surface area contributed by atoms with Gasteiger partial charge in [0, 0.05) is 11.1 Å². The molecule has 0 aliphatic rings. The monoisotopic (exact) mass is 687 g/mol. The second-order valence-corrected chi connectivity index (χ2v) is 15.5. The minimum atomic E-state index is -1.90. The number of phenolic OH excluding ortho intramolecular Hbond substituents is 1. The minimum absolute atomic E-state index is 0.209. The summed E-state index contributed by atoms with van der Waals surface area (Å²) in [6.07, 6.45) is 6.08. The predicted octanol–water partition coefficient (Wildman–Crippen LogP) is 7.94. The molecule has 5 nitrogen and oxygen atoms in total. The van der Waals surface area contributed by atoms with E-state index < -0.39 is 7.26 Å². The number of hydrogen-bond acceptors (Lipinski definition) is 5. The number of hydrogen-bond donors (Lipinski definition) is 1. The van der Waals surface area contributed by atoms with Gasteiger partial charge in [0.25, 0.3) is 0 Å². The van der Waals surface area contributed by atoms with Gasteiger partial charge >= 0.3 is 0 Å². The van der Waals surface area contributed by atoms with E-state index in [2.05, 4.69) is 104 Å². The van der Waals surface area contributed by atoms with E-state index in [9.17, 15) is 5.11 Å². The number of ether oxygens (including phenoxy) is 4. The first kappa shape index (κ1) is 36.8. The summed E-state index contributed by atoms with van der Waals surface area (Å²) < 4.78 is 23.9. The van der Waals surface area contributed by atoms with E-state index >= 15 is 0 Å². The standard InChI is InChI=1S/C44H47O5P/c1-3-14-36-22-24-43(45)41(34-36)42-35-37(15-4-2)23-25-44(42)49-31-30-47-27-26-46-28-29-48-32-33-50(38-16-8-5-9-17-38,39-18-10-6-11-19-39)40-20-12-7-13-21-40/h3-13,16-25,34-35H,1-2,14-15,26-33H2/p+1. The second-order valence-electron chi connectivity index (χ2n) is 11.9. The topological polar surface area (TPSA) is 57.2 Å². The van der Waals surface area contributed by atoms with Crippen molar-refractivity contribution in [2.45, 2.75) is 12.8 Å². The summed E-state index contributed by atoms with van der Waals surface area (Å²) >= 11 is 0. The lowest BCUT2D eigenvalue weighted by atomic mass is 9.97. The van der Waals surface area contributed by atoms with Crippen LogP contribution < -0.4 is 20.7 Å². The molecular formula is C44H48O5P+. The Kier molecular flexibility index (Phi) is 14.4. The summed E-state index contributed by atoms with van der Waals surface area (Å²) in [6, 6.07) is 44.2. The molecule has 5 rings (SSSR count). The Bertz CT molecular complexity index is 1660. The molecule has 0 bridgehead atoms. The van der Waals surface area contributed by atoms with E-state index in [1.54, 1.807) is 6.07 Å². The highest BCUT2D eigenvalue weighted by molar-refractivity contribution is 7.95. The number of rotatable bonds is 21. The lowest BCUT2D eigenvalue weighted by Crippen LogP contribution is -2.34. The van der Waals surface area contributed by atoms with Crippen LogP contribution in [0.3, 0.4) is 0 Å². The first-order valence-electron chi connectivity index (χ1n) is 17.2. The van der Waals surface area contributed by atoms with Crippen molar-refractivity contribution in [2.24, 2.45) is 0 Å². The van der Waals surface area contributed by atoms with Crippen molar-refractivity contribution in [3.8, 4) is 22.6 Å². The quantitative estimate of drug-likeness (QED) is 0.0483. The molecule has 0 aromatic heterocycles. The van der Waals surface area contributed by atoms with Crippen molar-refractivity contribution >= 4 is 23.2 Å². The maximum absolute atomic E-state index is 10.7. The Balaban J connectivity index is 1.06. The molecule has 0 saturated carbocycles. The summed E-state index contributed by atoms with van der Waals surface area (Å²) in [6.45, 7) is 11.1. The van der Waals surface area contributed by atoms with E-state index in [0.717, 1.165) is 41.3 Å². The fourth-order valence-electron chi connectivity index (χ4n) is 6.14. The summed E-state index contributed by atoms with van der Waals surface area (Å²) in [7, 11) is -1.90. The molecule has 0 heterocycles. The molecule has 0 atom stereocenters. The van der Waals surface area contributed by atoms with E-state index in [-0.39, 0.29) is 5.75 Å². The van der Waals surface area contributed by atoms with Crippen LogP contribution in [0.2, 0.25) is 0 Å². The number of benzene rings is 5. The Hall–Kier alpha value is -4.51. The van der Waals surface area contributed by atoms with E-state index in [1.165, 1.54) is 15.9 Å². The Morgan fingerprint density at radius 3 is 1.44 bits per heavy atom. The van der Waals surface area contributed by atoms with E-state index in [0.29, 0.717) is 52.0 Å². The maximum atomic E-state index is 10.7. The molecule has 0 spiro atoms. The normalized spacial score (nSPS) is 11.3. The molecule has 0 unspecified atom stereocenters. The van der Waals surface area contributed by atoms with Gasteiger partial charge in [-0.05, 0) is 84.6 Å². The summed E-state index contributed by atoms with van der Waals surface area (Å²) in [5.41, 5.74) is 3.74. The number of phenols is 1. The zero-order chi connectivity index (χ0) is 34.9. The molecule has 0 radical (unpaired) electrons. The van der Waals surface area contributed by atoms with Crippen molar-refractivity contribution in [3.05, 3.63) is 164 Å². The molecule has 1 N–H and O–H groups in total. The Morgan fingerprint density at radius 1 is 0.500 bits per heavy atom. The first-order valence-corrected chi connectivity index (χ1v) is 19.2. The SMILES string of the molecule is C=CCc1ccc(O)c(-c2cc(CC=C)ccc2OCCOCCOCCOCC[P+](c2ccccc2)(c2ccccc2)c2ccccc2)c1. The van der Waals surface area contributed by atoms with Gasteiger partial charge in [0.15, 0.2) is 0 Å². The molecule has 0 aliphatic carbocycles. The van der Waals surface area contributed by atoms with Crippen LogP contribution in [-0.2, 0) is 27.1 Å². The zero-order valence-corrected chi connectivity index (χ0v) is 29.7. The smallest absolute Gasteiger partial charge is 0.127 e. The highest BCUT2D eigenvalue weighted by atomic mass is 31.2. The Labute approximate surface area is 298 Å². The summed E-state index contributed by atoms with van der Waals surface area (Å²) in [5, 5.41) is 14.8. The van der Waals surface area contributed by atoms with Gasteiger partial charge in [-0.1, -0.05) is 78.9 Å². The van der Waals surface area contributed by atoms with Gasteiger partial charge in [-0.2, -0.15) is 0 Å². The third kappa shape index (κ3) is 9.80. The van der Waals surface area contributed by atoms with Crippen LogP contribution in [0.15, 0.2) is 153 Å². The van der Waals surface area contributed by atoms with Crippen LogP contribution in [0, 0.1) is 0 Å². The van der Waals surface area contributed by atoms with Gasteiger partial charge in [-0.3, -0.25) is 0 Å².